The van der Waals surface area contributed by atoms with Crippen LogP contribution in [0, 0.1) is 20.8 Å². The molecule has 4 heteroatoms. The van der Waals surface area contributed by atoms with Crippen molar-refractivity contribution in [2.24, 2.45) is 7.05 Å². The van der Waals surface area contributed by atoms with E-state index in [0.717, 1.165) is 22.4 Å². The van der Waals surface area contributed by atoms with Crippen molar-refractivity contribution in [1.82, 2.24) is 15.1 Å². The number of benzene rings is 1. The van der Waals surface area contributed by atoms with Crippen LogP contribution in [0.4, 0.5) is 0 Å². The molecule has 1 heterocycles. The first-order valence-corrected chi connectivity index (χ1v) is 6.76. The van der Waals surface area contributed by atoms with Crippen molar-refractivity contribution < 1.29 is 4.79 Å². The summed E-state index contributed by atoms with van der Waals surface area (Å²) in [7, 11) is 1.90. The Labute approximate surface area is 119 Å². The zero-order valence-electron chi connectivity index (χ0n) is 12.7. The van der Waals surface area contributed by atoms with E-state index in [2.05, 4.69) is 16.5 Å². The van der Waals surface area contributed by atoms with E-state index in [-0.39, 0.29) is 11.9 Å². The molecule has 4 nitrogen and oxygen atoms in total. The highest BCUT2D eigenvalue weighted by atomic mass is 16.1. The molecule has 1 N–H and O–H groups in total. The number of nitrogens with one attached hydrogen (secondary N) is 1. The minimum absolute atomic E-state index is 0.0486. The normalized spacial score (nSPS) is 12.2. The Balaban J connectivity index is 2.17. The summed E-state index contributed by atoms with van der Waals surface area (Å²) in [6.07, 6.45) is 1.81. The van der Waals surface area contributed by atoms with Gasteiger partial charge in [0.05, 0.1) is 12.2 Å². The van der Waals surface area contributed by atoms with Crippen molar-refractivity contribution in [2.75, 3.05) is 0 Å². The minimum atomic E-state index is -0.0583. The van der Waals surface area contributed by atoms with Crippen molar-refractivity contribution in [2.45, 2.75) is 33.7 Å². The molecule has 0 aliphatic heterocycles. The van der Waals surface area contributed by atoms with E-state index < -0.39 is 0 Å². The molecule has 0 saturated heterocycles. The third-order valence-electron chi connectivity index (χ3n) is 3.57. The molecule has 2 aromatic rings. The number of aryl methyl sites for hydroxylation is 3. The molecule has 1 atom stereocenters. The van der Waals surface area contributed by atoms with Gasteiger partial charge in [-0.1, -0.05) is 17.2 Å². The molecular weight excluding hydrogens is 250 g/mol. The lowest BCUT2D eigenvalue weighted by molar-refractivity contribution is 0.0939. The Hall–Kier alpha value is -2.10. The van der Waals surface area contributed by atoms with E-state index in [1.54, 1.807) is 0 Å². The predicted octanol–water partition coefficient (Wildman–Crippen LogP) is 2.84. The van der Waals surface area contributed by atoms with Gasteiger partial charge >= 0.3 is 0 Å². The summed E-state index contributed by atoms with van der Waals surface area (Å²) < 4.78 is 1.81. The van der Waals surface area contributed by atoms with Gasteiger partial charge in [0.1, 0.15) is 0 Å². The summed E-state index contributed by atoms with van der Waals surface area (Å²) >= 11 is 0. The van der Waals surface area contributed by atoms with E-state index in [1.807, 2.05) is 57.8 Å². The van der Waals surface area contributed by atoms with Gasteiger partial charge < -0.3 is 5.32 Å². The van der Waals surface area contributed by atoms with Crippen molar-refractivity contribution in [1.29, 1.82) is 0 Å². The number of nitrogens with zero attached hydrogens (tertiary/aromatic N) is 2. The smallest absolute Gasteiger partial charge is 0.251 e. The Bertz CT molecular complexity index is 623. The van der Waals surface area contributed by atoms with E-state index in [1.165, 1.54) is 0 Å². The lowest BCUT2D eigenvalue weighted by Gasteiger charge is -2.14. The maximum atomic E-state index is 12.3. The third-order valence-corrected chi connectivity index (χ3v) is 3.57. The molecule has 20 heavy (non-hydrogen) atoms. The zero-order chi connectivity index (χ0) is 14.9. The van der Waals surface area contributed by atoms with Crippen molar-refractivity contribution >= 4 is 5.91 Å². The highest BCUT2D eigenvalue weighted by Gasteiger charge is 2.15. The van der Waals surface area contributed by atoms with Crippen LogP contribution in [0.1, 0.15) is 45.7 Å². The molecule has 0 spiro atoms. The molecule has 0 aliphatic carbocycles. The van der Waals surface area contributed by atoms with Gasteiger partial charge in [0, 0.05) is 23.9 Å². The molecule has 0 aliphatic rings. The van der Waals surface area contributed by atoms with Crippen LogP contribution in [0.25, 0.3) is 0 Å². The summed E-state index contributed by atoms with van der Waals surface area (Å²) in [6.45, 7) is 7.98. The molecule has 2 rings (SSSR count). The van der Waals surface area contributed by atoms with Crippen LogP contribution in [0.15, 0.2) is 24.4 Å². The van der Waals surface area contributed by atoms with Crippen LogP contribution in [0.5, 0.6) is 0 Å². The highest BCUT2D eigenvalue weighted by molar-refractivity contribution is 5.94. The van der Waals surface area contributed by atoms with E-state index in [4.69, 9.17) is 0 Å². The SMILES string of the molecule is Cc1cc(C)cc(C(=O)NC(C)c2cnn(C)c2C)c1. The lowest BCUT2D eigenvalue weighted by Crippen LogP contribution is -2.27. The summed E-state index contributed by atoms with van der Waals surface area (Å²) in [5.74, 6) is -0.0486. The maximum Gasteiger partial charge on any atom is 0.251 e. The van der Waals surface area contributed by atoms with E-state index in [9.17, 15) is 4.79 Å². The van der Waals surface area contributed by atoms with Gasteiger partial charge in [-0.15, -0.1) is 0 Å². The third kappa shape index (κ3) is 2.90. The summed E-state index contributed by atoms with van der Waals surface area (Å²) in [5, 5.41) is 7.24. The van der Waals surface area contributed by atoms with Crippen molar-refractivity contribution in [3.63, 3.8) is 0 Å². The largest absolute Gasteiger partial charge is 0.345 e. The minimum Gasteiger partial charge on any atom is -0.345 e. The summed E-state index contributed by atoms with van der Waals surface area (Å²) in [6, 6.07) is 5.82. The van der Waals surface area contributed by atoms with Crippen LogP contribution < -0.4 is 5.32 Å². The van der Waals surface area contributed by atoms with Gasteiger partial charge in [-0.3, -0.25) is 9.48 Å². The van der Waals surface area contributed by atoms with Gasteiger partial charge in [0.15, 0.2) is 0 Å². The fourth-order valence-corrected chi connectivity index (χ4v) is 2.40. The van der Waals surface area contributed by atoms with Gasteiger partial charge in [-0.25, -0.2) is 0 Å². The molecule has 0 saturated carbocycles. The number of amides is 1. The molecule has 1 aromatic carbocycles. The molecule has 0 radical (unpaired) electrons. The van der Waals surface area contributed by atoms with E-state index in [0.29, 0.717) is 5.56 Å². The Kier molecular flexibility index (Phi) is 3.93. The topological polar surface area (TPSA) is 46.9 Å². The molecule has 1 unspecified atom stereocenters. The van der Waals surface area contributed by atoms with Crippen LogP contribution in [-0.4, -0.2) is 15.7 Å². The highest BCUT2D eigenvalue weighted by Crippen LogP contribution is 2.17. The fourth-order valence-electron chi connectivity index (χ4n) is 2.40. The van der Waals surface area contributed by atoms with E-state index >= 15 is 0 Å². The predicted molar refractivity (Wildman–Crippen MR) is 79.7 cm³/mol. The van der Waals surface area contributed by atoms with Crippen LogP contribution in [0.2, 0.25) is 0 Å². The first kappa shape index (κ1) is 14.3. The van der Waals surface area contributed by atoms with Gasteiger partial charge in [0.25, 0.3) is 5.91 Å². The second-order valence-electron chi connectivity index (χ2n) is 5.38. The lowest BCUT2D eigenvalue weighted by atomic mass is 10.1. The maximum absolute atomic E-state index is 12.3. The van der Waals surface area contributed by atoms with Crippen LogP contribution in [-0.2, 0) is 7.05 Å². The average Bonchev–Trinajstić information content (AvgIpc) is 2.68. The molecule has 1 amide bonds. The standard InChI is InChI=1S/C16H21N3O/c1-10-6-11(2)8-14(7-10)16(20)18-12(3)15-9-17-19(5)13(15)4/h6-9,12H,1-5H3,(H,18,20). The molecule has 0 bridgehead atoms. The Morgan fingerprint density at radius 2 is 1.80 bits per heavy atom. The zero-order valence-corrected chi connectivity index (χ0v) is 12.7. The molecule has 0 fully saturated rings. The Morgan fingerprint density at radius 3 is 2.30 bits per heavy atom. The summed E-state index contributed by atoms with van der Waals surface area (Å²) in [4.78, 5) is 12.3. The number of hydrogen-bond acceptors (Lipinski definition) is 2. The van der Waals surface area contributed by atoms with Gasteiger partial charge in [-0.05, 0) is 39.8 Å². The second-order valence-corrected chi connectivity index (χ2v) is 5.38. The fraction of sp³-hybridized carbons (Fsp3) is 0.375. The van der Waals surface area contributed by atoms with Gasteiger partial charge in [0.2, 0.25) is 0 Å². The van der Waals surface area contributed by atoms with Crippen LogP contribution in [0.3, 0.4) is 0 Å². The van der Waals surface area contributed by atoms with Crippen molar-refractivity contribution in [3.8, 4) is 0 Å². The Morgan fingerprint density at radius 1 is 1.20 bits per heavy atom. The number of aromatic nitrogens is 2. The quantitative estimate of drug-likeness (QED) is 0.933. The molecule has 106 valence electrons. The second kappa shape index (κ2) is 5.49. The van der Waals surface area contributed by atoms with Crippen molar-refractivity contribution in [3.05, 3.63) is 52.3 Å². The van der Waals surface area contributed by atoms with Gasteiger partial charge in [-0.2, -0.15) is 5.10 Å². The first-order valence-electron chi connectivity index (χ1n) is 6.76. The molecule has 1 aromatic heterocycles. The number of rotatable bonds is 3. The van der Waals surface area contributed by atoms with Crippen LogP contribution >= 0.6 is 0 Å². The average molecular weight is 271 g/mol. The number of carbonyl (C=O) groups is 1. The first-order chi connectivity index (χ1) is 9.38. The number of hydrogen-bond donors (Lipinski definition) is 1. The molecular formula is C16H21N3O. The number of carbonyl (C=O) groups excluding carboxylic acids is 1. The monoisotopic (exact) mass is 271 g/mol. The summed E-state index contributed by atoms with van der Waals surface area (Å²) in [5.41, 5.74) is 5.01.